The first-order chi connectivity index (χ1) is 9.78. The van der Waals surface area contributed by atoms with Gasteiger partial charge in [0.25, 0.3) is 5.91 Å². The molecule has 20 heavy (non-hydrogen) atoms. The second-order valence-corrected chi connectivity index (χ2v) is 6.23. The standard InChI is InChI=1S/C16H20N2O2/c19-16(15-7-10-3-1-2-4-14(10)20-15)18-13-8-11-5-6-12(9-13)17-11/h1-4,11-13,15,17H,5-9H2,(H,18,19). The van der Waals surface area contributed by atoms with E-state index in [-0.39, 0.29) is 12.0 Å². The lowest BCUT2D eigenvalue weighted by molar-refractivity contribution is -0.128. The van der Waals surface area contributed by atoms with Crippen molar-refractivity contribution in [3.8, 4) is 5.75 Å². The average Bonchev–Trinajstić information content (AvgIpc) is 3.02. The number of benzene rings is 1. The highest BCUT2D eigenvalue weighted by Crippen LogP contribution is 2.29. The maximum Gasteiger partial charge on any atom is 0.261 e. The molecule has 3 unspecified atom stereocenters. The summed E-state index contributed by atoms with van der Waals surface area (Å²) in [6, 6.07) is 9.42. The van der Waals surface area contributed by atoms with Crippen LogP contribution in [-0.4, -0.2) is 30.1 Å². The lowest BCUT2D eigenvalue weighted by atomic mass is 9.99. The number of hydrogen-bond acceptors (Lipinski definition) is 3. The van der Waals surface area contributed by atoms with E-state index in [1.165, 1.54) is 12.8 Å². The maximum atomic E-state index is 12.4. The number of fused-ring (bicyclic) bond motifs is 3. The van der Waals surface area contributed by atoms with Crippen LogP contribution in [0, 0.1) is 0 Å². The zero-order valence-electron chi connectivity index (χ0n) is 11.5. The number of carbonyl (C=O) groups excluding carboxylic acids is 1. The fourth-order valence-electron chi connectivity index (χ4n) is 3.80. The van der Waals surface area contributed by atoms with Gasteiger partial charge >= 0.3 is 0 Å². The summed E-state index contributed by atoms with van der Waals surface area (Å²) >= 11 is 0. The molecule has 1 aromatic rings. The fraction of sp³-hybridized carbons (Fsp3) is 0.562. The van der Waals surface area contributed by atoms with Crippen molar-refractivity contribution in [1.29, 1.82) is 0 Å². The summed E-state index contributed by atoms with van der Waals surface area (Å²) in [6.45, 7) is 0. The van der Waals surface area contributed by atoms with Crippen molar-refractivity contribution < 1.29 is 9.53 Å². The third-order valence-corrected chi connectivity index (χ3v) is 4.76. The predicted molar refractivity (Wildman–Crippen MR) is 75.7 cm³/mol. The topological polar surface area (TPSA) is 50.4 Å². The molecule has 0 radical (unpaired) electrons. The summed E-state index contributed by atoms with van der Waals surface area (Å²) in [6.07, 6.45) is 4.97. The summed E-state index contributed by atoms with van der Waals surface area (Å²) in [5, 5.41) is 6.79. The zero-order valence-corrected chi connectivity index (χ0v) is 11.5. The minimum absolute atomic E-state index is 0.0486. The van der Waals surface area contributed by atoms with Gasteiger partial charge < -0.3 is 15.4 Å². The molecule has 2 bridgehead atoms. The van der Waals surface area contributed by atoms with Gasteiger partial charge in [0.05, 0.1) is 0 Å². The molecule has 0 aromatic heterocycles. The Morgan fingerprint density at radius 3 is 2.70 bits per heavy atom. The molecule has 1 aromatic carbocycles. The molecule has 3 atom stereocenters. The van der Waals surface area contributed by atoms with Crippen molar-refractivity contribution in [3.05, 3.63) is 29.8 Å². The molecule has 3 aliphatic heterocycles. The van der Waals surface area contributed by atoms with Gasteiger partial charge in [-0.15, -0.1) is 0 Å². The molecular formula is C16H20N2O2. The Morgan fingerprint density at radius 1 is 1.20 bits per heavy atom. The Labute approximate surface area is 118 Å². The van der Waals surface area contributed by atoms with Crippen molar-refractivity contribution in [1.82, 2.24) is 10.6 Å². The minimum Gasteiger partial charge on any atom is -0.480 e. The largest absolute Gasteiger partial charge is 0.480 e. The van der Waals surface area contributed by atoms with E-state index < -0.39 is 0 Å². The van der Waals surface area contributed by atoms with E-state index >= 15 is 0 Å². The number of ether oxygens (including phenoxy) is 1. The van der Waals surface area contributed by atoms with Gasteiger partial charge in [0, 0.05) is 24.5 Å². The minimum atomic E-state index is -0.347. The lowest BCUT2D eigenvalue weighted by Gasteiger charge is -2.30. The van der Waals surface area contributed by atoms with Crippen LogP contribution in [0.3, 0.4) is 0 Å². The van der Waals surface area contributed by atoms with E-state index in [1.54, 1.807) is 0 Å². The van der Waals surface area contributed by atoms with Gasteiger partial charge in [-0.2, -0.15) is 0 Å². The lowest BCUT2D eigenvalue weighted by Crippen LogP contribution is -2.50. The fourth-order valence-corrected chi connectivity index (χ4v) is 3.80. The molecule has 106 valence electrons. The summed E-state index contributed by atoms with van der Waals surface area (Å²) in [7, 11) is 0. The quantitative estimate of drug-likeness (QED) is 0.855. The van der Waals surface area contributed by atoms with Crippen LogP contribution in [0.4, 0.5) is 0 Å². The molecule has 2 N–H and O–H groups in total. The van der Waals surface area contributed by atoms with Crippen LogP contribution < -0.4 is 15.4 Å². The van der Waals surface area contributed by atoms with E-state index in [9.17, 15) is 4.79 Å². The number of piperidine rings is 1. The molecule has 3 heterocycles. The predicted octanol–water partition coefficient (Wildman–Crippen LogP) is 1.39. The van der Waals surface area contributed by atoms with Crippen LogP contribution in [0.25, 0.3) is 0 Å². The van der Waals surface area contributed by atoms with Crippen molar-refractivity contribution in [2.75, 3.05) is 0 Å². The highest BCUT2D eigenvalue weighted by Gasteiger charge is 2.36. The third kappa shape index (κ3) is 2.18. The van der Waals surface area contributed by atoms with E-state index in [2.05, 4.69) is 10.6 Å². The Morgan fingerprint density at radius 2 is 1.95 bits per heavy atom. The summed E-state index contributed by atoms with van der Waals surface area (Å²) < 4.78 is 5.75. The number of hydrogen-bond donors (Lipinski definition) is 2. The van der Waals surface area contributed by atoms with Gasteiger partial charge in [0.15, 0.2) is 6.10 Å². The van der Waals surface area contributed by atoms with Gasteiger partial charge in [0.2, 0.25) is 0 Å². The first kappa shape index (κ1) is 12.2. The van der Waals surface area contributed by atoms with Gasteiger partial charge in [-0.25, -0.2) is 0 Å². The molecule has 4 rings (SSSR count). The summed E-state index contributed by atoms with van der Waals surface area (Å²) in [5.74, 6) is 0.908. The molecule has 1 amide bonds. The van der Waals surface area contributed by atoms with E-state index in [0.717, 1.165) is 24.2 Å². The summed E-state index contributed by atoms with van der Waals surface area (Å²) in [5.41, 5.74) is 1.14. The molecule has 2 saturated heterocycles. The SMILES string of the molecule is O=C(NC1CC2CCC(C1)N2)C1Cc2ccccc2O1. The molecule has 4 nitrogen and oxygen atoms in total. The van der Waals surface area contributed by atoms with Gasteiger partial charge in [0.1, 0.15) is 5.75 Å². The monoisotopic (exact) mass is 272 g/mol. The van der Waals surface area contributed by atoms with Crippen molar-refractivity contribution in [2.24, 2.45) is 0 Å². The van der Waals surface area contributed by atoms with Crippen LogP contribution >= 0.6 is 0 Å². The normalized spacial score (nSPS) is 34.4. The van der Waals surface area contributed by atoms with E-state index in [4.69, 9.17) is 4.74 Å². The number of rotatable bonds is 2. The van der Waals surface area contributed by atoms with Crippen LogP contribution in [0.1, 0.15) is 31.2 Å². The van der Waals surface area contributed by atoms with Crippen molar-refractivity contribution in [3.63, 3.8) is 0 Å². The van der Waals surface area contributed by atoms with Gasteiger partial charge in [-0.1, -0.05) is 18.2 Å². The van der Waals surface area contributed by atoms with Crippen LogP contribution in [0.15, 0.2) is 24.3 Å². The van der Waals surface area contributed by atoms with Crippen LogP contribution in [0.5, 0.6) is 5.75 Å². The van der Waals surface area contributed by atoms with Gasteiger partial charge in [-0.3, -0.25) is 4.79 Å². The number of carbonyl (C=O) groups is 1. The number of para-hydroxylation sites is 1. The Hall–Kier alpha value is -1.55. The Balaban J connectivity index is 1.38. The molecule has 2 fully saturated rings. The Bertz CT molecular complexity index is 494. The van der Waals surface area contributed by atoms with Crippen molar-refractivity contribution >= 4 is 5.91 Å². The number of amides is 1. The molecule has 0 aliphatic carbocycles. The number of nitrogens with one attached hydrogen (secondary N) is 2. The second kappa shape index (κ2) is 4.77. The van der Waals surface area contributed by atoms with Crippen LogP contribution in [-0.2, 0) is 11.2 Å². The first-order valence-electron chi connectivity index (χ1n) is 7.59. The highest BCUT2D eigenvalue weighted by atomic mass is 16.5. The molecule has 3 aliphatic rings. The molecule has 0 saturated carbocycles. The van der Waals surface area contributed by atoms with Gasteiger partial charge in [-0.05, 0) is 37.3 Å². The van der Waals surface area contributed by atoms with E-state index in [1.807, 2.05) is 24.3 Å². The van der Waals surface area contributed by atoms with Crippen molar-refractivity contribution in [2.45, 2.75) is 56.3 Å². The highest BCUT2D eigenvalue weighted by molar-refractivity contribution is 5.82. The zero-order chi connectivity index (χ0) is 13.5. The Kier molecular flexibility index (Phi) is 2.91. The summed E-state index contributed by atoms with van der Waals surface area (Å²) in [4.78, 5) is 12.4. The molecular weight excluding hydrogens is 252 g/mol. The smallest absolute Gasteiger partial charge is 0.261 e. The molecule has 4 heteroatoms. The first-order valence-corrected chi connectivity index (χ1v) is 7.59. The third-order valence-electron chi connectivity index (χ3n) is 4.76. The molecule has 0 spiro atoms. The second-order valence-electron chi connectivity index (χ2n) is 6.23. The average molecular weight is 272 g/mol. The maximum absolute atomic E-state index is 12.4. The van der Waals surface area contributed by atoms with E-state index in [0.29, 0.717) is 24.5 Å². The van der Waals surface area contributed by atoms with Crippen LogP contribution in [0.2, 0.25) is 0 Å².